The van der Waals surface area contributed by atoms with Crippen LogP contribution in [0.2, 0.25) is 0 Å². The predicted octanol–water partition coefficient (Wildman–Crippen LogP) is -1.86. The Morgan fingerprint density at radius 2 is 2.31 bits per heavy atom. The Balaban J connectivity index is 2.61. The molecule has 0 amide bonds. The number of aliphatic hydroxyl groups is 3. The minimum atomic E-state index is -2.42. The van der Waals surface area contributed by atoms with E-state index in [-0.39, 0.29) is 18.0 Å². The summed E-state index contributed by atoms with van der Waals surface area (Å²) in [5, 5.41) is 30.0. The van der Waals surface area contributed by atoms with Gasteiger partial charge in [0.15, 0.2) is 0 Å². The fourth-order valence-corrected chi connectivity index (χ4v) is 2.86. The Kier molecular flexibility index (Phi) is 6.42. The maximum Gasteiger partial charge on any atom is 0.363 e. The smallest absolute Gasteiger partial charge is 0.363 e. The molecule has 1 fully saturated rings. The third kappa shape index (κ3) is 3.35. The van der Waals surface area contributed by atoms with E-state index in [2.05, 4.69) is 11.6 Å². The second-order valence-electron chi connectivity index (χ2n) is 5.54. The van der Waals surface area contributed by atoms with Gasteiger partial charge in [0.1, 0.15) is 30.7 Å². The lowest BCUT2D eigenvalue weighted by Gasteiger charge is -2.31. The number of nitrogen functional groups attached to an aromatic ring is 1. The van der Waals surface area contributed by atoms with Crippen LogP contribution in [0.3, 0.4) is 0 Å². The second-order valence-corrected chi connectivity index (χ2v) is 6.52. The van der Waals surface area contributed by atoms with E-state index in [0.717, 1.165) is 6.20 Å². The number of aliphatic hydroxyl groups excluding tert-OH is 3. The molecule has 0 aliphatic carbocycles. The molecule has 11 heteroatoms. The number of rotatable bonds is 7. The van der Waals surface area contributed by atoms with Crippen LogP contribution in [-0.2, 0) is 20.0 Å². The molecule has 1 aliphatic heterocycles. The third-order valence-electron chi connectivity index (χ3n) is 3.99. The molecule has 0 spiro atoms. The highest BCUT2D eigenvalue weighted by Crippen LogP contribution is 2.36. The fraction of sp³-hybridized carbons (Fsp3) is 0.533. The first-order valence-corrected chi connectivity index (χ1v) is 9.05. The first-order chi connectivity index (χ1) is 12.3. The molecule has 1 saturated heterocycles. The molecule has 1 aromatic rings. The number of aromatic nitrogens is 2. The Morgan fingerprint density at radius 1 is 1.62 bits per heavy atom. The molecule has 2 rings (SSSR count). The maximum atomic E-state index is 12.7. The van der Waals surface area contributed by atoms with Gasteiger partial charge in [-0.1, -0.05) is 12.7 Å². The summed E-state index contributed by atoms with van der Waals surface area (Å²) in [6.07, 6.45) is -0.599. The van der Waals surface area contributed by atoms with Gasteiger partial charge >= 0.3 is 11.7 Å². The molecule has 0 saturated carbocycles. The highest BCUT2D eigenvalue weighted by Gasteiger charge is 2.62. The lowest BCUT2D eigenvalue weighted by molar-refractivity contribution is -0.201. The van der Waals surface area contributed by atoms with E-state index in [0.29, 0.717) is 10.3 Å². The van der Waals surface area contributed by atoms with Crippen LogP contribution in [0.5, 0.6) is 0 Å². The minimum absolute atomic E-state index is 0.0107. The van der Waals surface area contributed by atoms with Crippen molar-refractivity contribution >= 4 is 29.6 Å². The normalized spacial score (nSPS) is 28.1. The molecule has 0 unspecified atom stereocenters. The van der Waals surface area contributed by atoms with Gasteiger partial charge in [-0.3, -0.25) is 4.57 Å². The van der Waals surface area contributed by atoms with Crippen LogP contribution < -0.4 is 11.4 Å². The van der Waals surface area contributed by atoms with E-state index in [4.69, 9.17) is 15.2 Å². The van der Waals surface area contributed by atoms with Crippen molar-refractivity contribution < 1.29 is 29.6 Å². The van der Waals surface area contributed by atoms with E-state index in [1.807, 2.05) is 0 Å². The van der Waals surface area contributed by atoms with E-state index >= 15 is 0 Å². The lowest BCUT2D eigenvalue weighted by atomic mass is 10.0. The van der Waals surface area contributed by atoms with E-state index in [9.17, 15) is 24.9 Å². The molecule has 0 radical (unpaired) electrons. The number of anilines is 1. The summed E-state index contributed by atoms with van der Waals surface area (Å²) >= 11 is 1.42. The van der Waals surface area contributed by atoms with Crippen LogP contribution >= 0.6 is 11.8 Å². The van der Waals surface area contributed by atoms with Crippen molar-refractivity contribution in [1.82, 2.24) is 9.55 Å². The summed E-state index contributed by atoms with van der Waals surface area (Å²) in [6, 6.07) is 0. The molecule has 26 heavy (non-hydrogen) atoms. The molecule has 1 aromatic heterocycles. The Bertz CT molecular complexity index is 740. The van der Waals surface area contributed by atoms with Gasteiger partial charge in [0.05, 0.1) is 6.61 Å². The number of esters is 1. The predicted molar refractivity (Wildman–Crippen MR) is 94.3 cm³/mol. The zero-order valence-corrected chi connectivity index (χ0v) is 14.9. The summed E-state index contributed by atoms with van der Waals surface area (Å²) in [7, 11) is 0. The van der Waals surface area contributed by atoms with Crippen molar-refractivity contribution in [2.24, 2.45) is 0 Å². The fourth-order valence-electron chi connectivity index (χ4n) is 2.61. The summed E-state index contributed by atoms with van der Waals surface area (Å²) in [6.45, 7) is 2.83. The Labute approximate surface area is 153 Å². The first kappa shape index (κ1) is 20.4. The van der Waals surface area contributed by atoms with Crippen molar-refractivity contribution in [2.75, 3.05) is 31.0 Å². The van der Waals surface area contributed by atoms with Crippen LogP contribution in [0.15, 0.2) is 17.6 Å². The van der Waals surface area contributed by atoms with Crippen LogP contribution in [0.1, 0.15) is 5.56 Å². The van der Waals surface area contributed by atoms with Crippen molar-refractivity contribution in [3.63, 3.8) is 0 Å². The number of thioether (sulfide) groups is 1. The Hall–Kier alpha value is -1.92. The molecule has 4 atom stereocenters. The molecule has 144 valence electrons. The summed E-state index contributed by atoms with van der Waals surface area (Å²) in [5.41, 5.74) is 2.42. The van der Waals surface area contributed by atoms with Crippen molar-refractivity contribution in [3.05, 3.63) is 28.8 Å². The van der Waals surface area contributed by atoms with Gasteiger partial charge in [0.25, 0.3) is 5.72 Å². The molecule has 2 heterocycles. The highest BCUT2D eigenvalue weighted by atomic mass is 32.2. The molecule has 10 nitrogen and oxygen atoms in total. The number of nitrogens with zero attached hydrogens (tertiary/aromatic N) is 2. The zero-order chi connectivity index (χ0) is 19.5. The second kappa shape index (κ2) is 8.18. The van der Waals surface area contributed by atoms with Gasteiger partial charge in [-0.15, -0.1) is 0 Å². The molecule has 1 aliphatic rings. The lowest BCUT2D eigenvalue weighted by Crippen LogP contribution is -2.56. The number of ether oxygens (including phenoxy) is 2. The highest BCUT2D eigenvalue weighted by molar-refractivity contribution is 7.98. The maximum absolute atomic E-state index is 12.7. The Morgan fingerprint density at radius 3 is 2.85 bits per heavy atom. The van der Waals surface area contributed by atoms with Crippen LogP contribution in [0.4, 0.5) is 5.82 Å². The SMILES string of the molecule is C=Cc1cn([C@]2(C(=O)OCCSC)O[C@H](CO)[C@@H](O)[C@H]2O)c(=O)nc1N. The van der Waals surface area contributed by atoms with E-state index in [1.165, 1.54) is 17.8 Å². The zero-order valence-electron chi connectivity index (χ0n) is 14.1. The molecule has 5 N–H and O–H groups in total. The number of hydrogen-bond donors (Lipinski definition) is 4. The van der Waals surface area contributed by atoms with Gasteiger partial charge in [0.2, 0.25) is 0 Å². The van der Waals surface area contributed by atoms with E-state index < -0.39 is 42.3 Å². The van der Waals surface area contributed by atoms with Crippen LogP contribution in [0.25, 0.3) is 6.08 Å². The third-order valence-corrected chi connectivity index (χ3v) is 4.57. The summed E-state index contributed by atoms with van der Waals surface area (Å²) in [4.78, 5) is 28.7. The molecule has 0 aromatic carbocycles. The molecule has 0 bridgehead atoms. The van der Waals surface area contributed by atoms with E-state index in [1.54, 1.807) is 6.26 Å². The number of hydrogen-bond acceptors (Lipinski definition) is 10. The molecular weight excluding hydrogens is 366 g/mol. The topological polar surface area (TPSA) is 157 Å². The summed E-state index contributed by atoms with van der Waals surface area (Å²) in [5.74, 6) is -0.756. The summed E-state index contributed by atoms with van der Waals surface area (Å²) < 4.78 is 11.3. The number of nitrogens with two attached hydrogens (primary N) is 1. The van der Waals surface area contributed by atoms with Gasteiger partial charge < -0.3 is 30.5 Å². The monoisotopic (exact) mass is 387 g/mol. The van der Waals surface area contributed by atoms with Gasteiger partial charge in [-0.05, 0) is 6.26 Å². The van der Waals surface area contributed by atoms with Gasteiger partial charge in [-0.2, -0.15) is 16.7 Å². The standard InChI is InChI=1S/C15H21N3O7S/c1-3-8-6-18(14(23)17-12(8)16)15(13(22)24-4-5-26-2)11(21)10(20)9(7-19)25-15/h3,6,9-11,19-21H,1,4-5,7H2,2H3,(H2,16,17,23)/t9-,10-,11-,15+/m1/s1. The molecular formula is C15H21N3O7S. The largest absolute Gasteiger partial charge is 0.461 e. The van der Waals surface area contributed by atoms with Gasteiger partial charge in [0, 0.05) is 17.5 Å². The average Bonchev–Trinajstić information content (AvgIpc) is 2.87. The van der Waals surface area contributed by atoms with Gasteiger partial charge in [-0.25, -0.2) is 9.59 Å². The minimum Gasteiger partial charge on any atom is -0.461 e. The van der Waals surface area contributed by atoms with Crippen molar-refractivity contribution in [3.8, 4) is 0 Å². The number of carbonyl (C=O) groups is 1. The first-order valence-electron chi connectivity index (χ1n) is 7.66. The van der Waals surface area contributed by atoms with Crippen molar-refractivity contribution in [2.45, 2.75) is 24.0 Å². The quantitative estimate of drug-likeness (QED) is 0.309. The van der Waals surface area contributed by atoms with Crippen LogP contribution in [0, 0.1) is 0 Å². The van der Waals surface area contributed by atoms with Crippen molar-refractivity contribution in [1.29, 1.82) is 0 Å². The average molecular weight is 387 g/mol. The van der Waals surface area contributed by atoms with Crippen LogP contribution in [-0.4, -0.2) is 74.4 Å². The number of carbonyl (C=O) groups excluding carboxylic acids is 1.